The molecule has 1 aromatic rings. The summed E-state index contributed by atoms with van der Waals surface area (Å²) in [6, 6.07) is 6.31. The number of carbonyl (C=O) groups excluding carboxylic acids is 1. The van der Waals surface area contributed by atoms with E-state index in [1.807, 2.05) is 33.9 Å². The van der Waals surface area contributed by atoms with E-state index in [9.17, 15) is 9.18 Å². The number of aryl methyl sites for hydroxylation is 1. The predicted molar refractivity (Wildman–Crippen MR) is 301 cm³/mol. The lowest BCUT2D eigenvalue weighted by Crippen LogP contribution is -2.40. The molecule has 0 bridgehead atoms. The summed E-state index contributed by atoms with van der Waals surface area (Å²) < 4.78 is 19.7. The second kappa shape index (κ2) is 39.5. The van der Waals surface area contributed by atoms with Gasteiger partial charge in [-0.25, -0.2) is 4.39 Å². The quantitative estimate of drug-likeness (QED) is 0.0691. The Hall–Kier alpha value is -3.25. The number of dihydropyridines is 1. The van der Waals surface area contributed by atoms with Crippen LogP contribution in [0.3, 0.4) is 0 Å². The Morgan fingerprint density at radius 1 is 0.912 bits per heavy atom. The molecule has 0 amide bonds. The van der Waals surface area contributed by atoms with Gasteiger partial charge in [0.1, 0.15) is 17.4 Å². The van der Waals surface area contributed by atoms with Crippen LogP contribution in [0, 0.1) is 42.4 Å². The molecule has 0 aromatic heterocycles. The Bertz CT molecular complexity index is 1620. The Morgan fingerprint density at radius 3 is 1.85 bits per heavy atom. The van der Waals surface area contributed by atoms with E-state index in [0.717, 1.165) is 109 Å². The molecule has 6 heteroatoms. The summed E-state index contributed by atoms with van der Waals surface area (Å²) in [4.78, 5) is 18.6. The number of nitrogens with one attached hydrogen (secondary N) is 2. The average Bonchev–Trinajstić information content (AvgIpc) is 3.30. The number of benzene rings is 1. The van der Waals surface area contributed by atoms with E-state index in [1.54, 1.807) is 12.2 Å². The van der Waals surface area contributed by atoms with Crippen LogP contribution >= 0.6 is 0 Å². The highest BCUT2D eigenvalue weighted by atomic mass is 19.1. The standard InChI is InChI=1S/C35H50FN3O.C7H14O.C7H14.C7H16.C4H10.C2H6/c1-10-16-30(29(36)15-6)38-34-26(9)31(37-21-13-4)23-32(39-34)27-17-18-28(25(8)22-27)35(19-11-2,20-12-3)33(40)24(7)14-5;1-3-6(2)7-4-8-5-7;1-3-7-4-6(2)5-7;1-3-5-7-6-4-2;1-4(2)3;1-2/h10,15-18,21-24,32,38-39H,6,11-14,19-20H2,1-5,7-9H3;6-7H,3-5H2,1-2H3;6-7H,3-5H2,1-2H3;3-7H2,1-2H3;4H,1-3H3;1-2H3/b16-10-,30-29-,37-21?;;;;;. The van der Waals surface area contributed by atoms with Crippen molar-refractivity contribution in [3.63, 3.8) is 0 Å². The van der Waals surface area contributed by atoms with Crippen LogP contribution < -0.4 is 10.6 Å². The van der Waals surface area contributed by atoms with E-state index in [1.165, 1.54) is 63.9 Å². The maximum Gasteiger partial charge on any atom is 0.146 e. The highest BCUT2D eigenvalue weighted by Crippen LogP contribution is 2.41. The Balaban J connectivity index is 0. The van der Waals surface area contributed by atoms with Crippen LogP contribution in [0.5, 0.6) is 0 Å². The molecule has 2 fully saturated rings. The maximum absolute atomic E-state index is 14.6. The number of Topliss-reactive ketones (excluding diaryl/α,β-unsaturated/α-hetero) is 1. The first kappa shape index (κ1) is 66.8. The molecule has 2 N–H and O–H groups in total. The van der Waals surface area contributed by atoms with E-state index in [-0.39, 0.29) is 12.0 Å². The molecule has 5 nitrogen and oxygen atoms in total. The van der Waals surface area contributed by atoms with Gasteiger partial charge >= 0.3 is 0 Å². The van der Waals surface area contributed by atoms with Crippen molar-refractivity contribution in [2.24, 2.45) is 40.5 Å². The van der Waals surface area contributed by atoms with Crippen LogP contribution in [0.4, 0.5) is 4.39 Å². The van der Waals surface area contributed by atoms with Crippen molar-refractivity contribution in [2.75, 3.05) is 13.2 Å². The zero-order chi connectivity index (χ0) is 52.2. The molecule has 1 aliphatic carbocycles. The second-order valence-corrected chi connectivity index (χ2v) is 20.1. The van der Waals surface area contributed by atoms with Gasteiger partial charge in [-0.3, -0.25) is 9.79 Å². The first-order valence-electron chi connectivity index (χ1n) is 27.8. The number of halogens is 1. The van der Waals surface area contributed by atoms with Crippen LogP contribution in [-0.4, -0.2) is 25.2 Å². The number of nitrogens with zero attached hydrogens (tertiary/aromatic N) is 1. The third-order valence-electron chi connectivity index (χ3n) is 13.2. The average molecular weight is 949 g/mol. The molecule has 3 aliphatic rings. The fourth-order valence-corrected chi connectivity index (χ4v) is 8.64. The summed E-state index contributed by atoms with van der Waals surface area (Å²) in [5.74, 6) is 5.37. The van der Waals surface area contributed by atoms with Crippen molar-refractivity contribution >= 4 is 12.0 Å². The molecule has 2 aliphatic heterocycles. The summed E-state index contributed by atoms with van der Waals surface area (Å²) in [6.07, 6.45) is 26.7. The van der Waals surface area contributed by atoms with Crippen LogP contribution in [0.25, 0.3) is 0 Å². The first-order chi connectivity index (χ1) is 32.4. The van der Waals surface area contributed by atoms with Crippen molar-refractivity contribution < 1.29 is 13.9 Å². The molecule has 1 saturated carbocycles. The minimum Gasteiger partial charge on any atom is -0.381 e. The number of ketones is 1. The van der Waals surface area contributed by atoms with Gasteiger partial charge < -0.3 is 15.4 Å². The van der Waals surface area contributed by atoms with Crippen LogP contribution in [0.2, 0.25) is 0 Å². The molecule has 1 saturated heterocycles. The van der Waals surface area contributed by atoms with Crippen molar-refractivity contribution in [1.29, 1.82) is 0 Å². The van der Waals surface area contributed by atoms with E-state index >= 15 is 0 Å². The fourth-order valence-electron chi connectivity index (χ4n) is 8.64. The zero-order valence-corrected chi connectivity index (χ0v) is 48.0. The van der Waals surface area contributed by atoms with Crippen molar-refractivity contribution in [3.05, 3.63) is 94.4 Å². The number of unbranched alkanes of at least 4 members (excludes halogenated alkanes) is 4. The highest BCUT2D eigenvalue weighted by molar-refractivity contribution is 5.92. The molecular weight excluding hydrogens is 838 g/mol. The van der Waals surface area contributed by atoms with Gasteiger partial charge in [-0.2, -0.15) is 0 Å². The lowest BCUT2D eigenvalue weighted by Gasteiger charge is -2.37. The number of aliphatic imine (C=N–C) groups is 1. The van der Waals surface area contributed by atoms with Gasteiger partial charge in [0.05, 0.1) is 36.1 Å². The monoisotopic (exact) mass is 948 g/mol. The predicted octanol–water partition coefficient (Wildman–Crippen LogP) is 19.0. The minimum absolute atomic E-state index is 0.0243. The van der Waals surface area contributed by atoms with E-state index < -0.39 is 11.2 Å². The van der Waals surface area contributed by atoms with Gasteiger partial charge in [0.15, 0.2) is 0 Å². The first-order valence-corrected chi connectivity index (χ1v) is 27.8. The number of hydrogen-bond acceptors (Lipinski definition) is 5. The topological polar surface area (TPSA) is 62.7 Å². The molecule has 3 atom stereocenters. The Morgan fingerprint density at radius 2 is 1.49 bits per heavy atom. The molecule has 0 spiro atoms. The Kier molecular flexibility index (Phi) is 38.8. The SMILES string of the molecule is C=C/C(F)=C(\C=C/C)NC1=C(C)C(N=CCC)=CC(c2ccc(C(CCC)(CCC)C(=O)C(C)CC)c(C)c2)N1.CC.CC(C)C.CCC(C)C1COC1.CCC1CC(C)C1.CCCCCCC. The maximum atomic E-state index is 14.6. The summed E-state index contributed by atoms with van der Waals surface area (Å²) in [5.41, 5.74) is 4.94. The molecule has 1 aromatic carbocycles. The third-order valence-corrected chi connectivity index (χ3v) is 13.2. The van der Waals surface area contributed by atoms with E-state index in [2.05, 4.69) is 145 Å². The molecule has 0 radical (unpaired) electrons. The van der Waals surface area contributed by atoms with E-state index in [4.69, 9.17) is 9.73 Å². The van der Waals surface area contributed by atoms with Crippen LogP contribution in [0.1, 0.15) is 244 Å². The fraction of sp³-hybridized carbons (Fsp3) is 0.710. The Labute approximate surface area is 422 Å². The molecule has 3 unspecified atom stereocenters. The normalized spacial score (nSPS) is 19.0. The minimum atomic E-state index is -0.467. The molecule has 2 heterocycles. The summed E-state index contributed by atoms with van der Waals surface area (Å²) in [6.45, 7) is 46.3. The van der Waals surface area contributed by atoms with Gasteiger partial charge in [0.25, 0.3) is 0 Å². The smallest absolute Gasteiger partial charge is 0.146 e. The summed E-state index contributed by atoms with van der Waals surface area (Å²) in [7, 11) is 0. The van der Waals surface area contributed by atoms with Crippen molar-refractivity contribution in [2.45, 2.75) is 239 Å². The molecular formula is C62H110FN3O2. The number of ether oxygens (including phenoxy) is 1. The zero-order valence-electron chi connectivity index (χ0n) is 48.0. The van der Waals surface area contributed by atoms with Crippen LogP contribution in [0.15, 0.2) is 82.7 Å². The third kappa shape index (κ3) is 24.5. The highest BCUT2D eigenvalue weighted by Gasteiger charge is 2.41. The van der Waals surface area contributed by atoms with Crippen molar-refractivity contribution in [3.8, 4) is 0 Å². The molecule has 392 valence electrons. The van der Waals surface area contributed by atoms with Gasteiger partial charge in [0.2, 0.25) is 0 Å². The van der Waals surface area contributed by atoms with Crippen LogP contribution in [-0.2, 0) is 14.9 Å². The molecule has 68 heavy (non-hydrogen) atoms. The largest absolute Gasteiger partial charge is 0.381 e. The number of allylic oxidation sites excluding steroid dienone is 5. The summed E-state index contributed by atoms with van der Waals surface area (Å²) >= 11 is 0. The van der Waals surface area contributed by atoms with E-state index in [0.29, 0.717) is 17.3 Å². The number of hydrogen-bond donors (Lipinski definition) is 2. The lowest BCUT2D eigenvalue weighted by molar-refractivity contribution is -0.129. The van der Waals surface area contributed by atoms with Gasteiger partial charge in [-0.15, -0.1) is 0 Å². The van der Waals surface area contributed by atoms with Crippen molar-refractivity contribution in [1.82, 2.24) is 10.6 Å². The van der Waals surface area contributed by atoms with Gasteiger partial charge in [-0.1, -0.05) is 199 Å². The number of rotatable bonds is 22. The number of carbonyl (C=O) groups is 1. The molecule has 4 rings (SSSR count). The lowest BCUT2D eigenvalue weighted by atomic mass is 9.65. The van der Waals surface area contributed by atoms with Gasteiger partial charge in [-0.05, 0) is 118 Å². The van der Waals surface area contributed by atoms with Gasteiger partial charge in [0, 0.05) is 23.6 Å². The summed E-state index contributed by atoms with van der Waals surface area (Å²) in [5, 5.41) is 6.80. The second-order valence-electron chi connectivity index (χ2n) is 20.1.